The number of methoxy groups -OCH3 is 2. The minimum atomic E-state index is -0.251. The molecule has 30 heavy (non-hydrogen) atoms. The number of aryl methyl sites for hydroxylation is 1. The number of amides is 1. The van der Waals surface area contributed by atoms with Crippen molar-refractivity contribution in [3.63, 3.8) is 0 Å². The van der Waals surface area contributed by atoms with Gasteiger partial charge in [-0.15, -0.1) is 0 Å². The molecule has 1 amide bonds. The van der Waals surface area contributed by atoms with Gasteiger partial charge in [-0.3, -0.25) is 9.69 Å². The summed E-state index contributed by atoms with van der Waals surface area (Å²) in [4.78, 5) is 15.5. The van der Waals surface area contributed by atoms with E-state index in [1.807, 2.05) is 54.3 Å². The maximum atomic E-state index is 13.7. The van der Waals surface area contributed by atoms with Crippen LogP contribution in [0.5, 0.6) is 11.5 Å². The van der Waals surface area contributed by atoms with E-state index in [0.29, 0.717) is 17.1 Å². The van der Waals surface area contributed by atoms with Crippen LogP contribution in [0.4, 0.5) is 11.4 Å². The standard InChI is InChI=1S/C25H22N2O3/c1-15-9-11-20-19(13-15)26-18(16-7-5-4-6-8-16)14-21-17-10-12-22(29-2)24(30-3)23(17)25(28)27(20)21/h4-14,21,26H,1-3H3/t21-/m1/s1. The molecule has 1 N–H and O–H groups in total. The fraction of sp³-hybridized carbons (Fsp3) is 0.160. The van der Waals surface area contributed by atoms with Gasteiger partial charge >= 0.3 is 0 Å². The lowest BCUT2D eigenvalue weighted by atomic mass is 10.0. The number of rotatable bonds is 3. The molecule has 5 nitrogen and oxygen atoms in total. The molecule has 0 aromatic heterocycles. The predicted molar refractivity (Wildman–Crippen MR) is 118 cm³/mol. The Balaban J connectivity index is 1.77. The number of nitrogens with zero attached hydrogens (tertiary/aromatic N) is 1. The summed E-state index contributed by atoms with van der Waals surface area (Å²) in [5.41, 5.74) is 6.35. The van der Waals surface area contributed by atoms with Crippen molar-refractivity contribution in [2.75, 3.05) is 24.4 Å². The van der Waals surface area contributed by atoms with Crippen LogP contribution in [0.2, 0.25) is 0 Å². The van der Waals surface area contributed by atoms with Crippen LogP contribution >= 0.6 is 0 Å². The first kappa shape index (κ1) is 18.3. The number of anilines is 2. The highest BCUT2D eigenvalue weighted by atomic mass is 16.5. The Hall–Kier alpha value is -3.73. The maximum absolute atomic E-state index is 13.7. The molecule has 0 saturated heterocycles. The zero-order valence-corrected chi connectivity index (χ0v) is 17.1. The van der Waals surface area contributed by atoms with Gasteiger partial charge in [0.15, 0.2) is 11.5 Å². The first-order valence-electron chi connectivity index (χ1n) is 9.85. The Morgan fingerprint density at radius 3 is 2.50 bits per heavy atom. The van der Waals surface area contributed by atoms with E-state index in [9.17, 15) is 4.79 Å². The van der Waals surface area contributed by atoms with Gasteiger partial charge in [0.1, 0.15) is 0 Å². The Morgan fingerprint density at radius 2 is 1.77 bits per heavy atom. The van der Waals surface area contributed by atoms with Gasteiger partial charge in [-0.2, -0.15) is 0 Å². The van der Waals surface area contributed by atoms with Crippen molar-refractivity contribution < 1.29 is 14.3 Å². The molecule has 0 saturated carbocycles. The second-order valence-corrected chi connectivity index (χ2v) is 7.48. The number of hydrogen-bond acceptors (Lipinski definition) is 4. The Labute approximate surface area is 175 Å². The molecule has 2 heterocycles. The largest absolute Gasteiger partial charge is 0.493 e. The van der Waals surface area contributed by atoms with Crippen molar-refractivity contribution in [3.8, 4) is 11.5 Å². The molecule has 0 radical (unpaired) electrons. The topological polar surface area (TPSA) is 50.8 Å². The normalized spacial score (nSPS) is 16.6. The number of ether oxygens (including phenoxy) is 2. The van der Waals surface area contributed by atoms with Gasteiger partial charge in [0.05, 0.1) is 37.2 Å². The summed E-state index contributed by atoms with van der Waals surface area (Å²) in [5, 5.41) is 3.56. The van der Waals surface area contributed by atoms with Crippen LogP contribution in [0, 0.1) is 6.92 Å². The van der Waals surface area contributed by atoms with Crippen LogP contribution in [0.25, 0.3) is 5.70 Å². The number of hydrogen-bond donors (Lipinski definition) is 1. The third-order valence-corrected chi connectivity index (χ3v) is 5.70. The van der Waals surface area contributed by atoms with Crippen molar-refractivity contribution >= 4 is 23.0 Å². The molecule has 2 aliphatic heterocycles. The van der Waals surface area contributed by atoms with Crippen molar-refractivity contribution in [3.05, 3.63) is 89.0 Å². The Bertz CT molecular complexity index is 1180. The van der Waals surface area contributed by atoms with Crippen LogP contribution in [0.1, 0.15) is 33.1 Å². The molecule has 5 rings (SSSR count). The highest BCUT2D eigenvalue weighted by Gasteiger charge is 2.42. The number of fused-ring (bicyclic) bond motifs is 5. The lowest BCUT2D eigenvalue weighted by Gasteiger charge is -2.23. The summed E-state index contributed by atoms with van der Waals surface area (Å²) in [6.07, 6.45) is 2.11. The van der Waals surface area contributed by atoms with E-state index < -0.39 is 0 Å². The van der Waals surface area contributed by atoms with Crippen molar-refractivity contribution in [2.45, 2.75) is 13.0 Å². The van der Waals surface area contributed by atoms with E-state index in [2.05, 4.69) is 29.6 Å². The molecule has 2 aliphatic rings. The van der Waals surface area contributed by atoms with E-state index in [0.717, 1.165) is 33.8 Å². The fourth-order valence-electron chi connectivity index (χ4n) is 4.31. The number of benzene rings is 3. The number of carbonyl (C=O) groups excluding carboxylic acids is 1. The van der Waals surface area contributed by atoms with Crippen LogP contribution in [0.3, 0.4) is 0 Å². The lowest BCUT2D eigenvalue weighted by molar-refractivity contribution is 0.0991. The molecule has 0 bridgehead atoms. The summed E-state index contributed by atoms with van der Waals surface area (Å²) >= 11 is 0. The molecular formula is C25H22N2O3. The molecule has 1 atom stereocenters. The van der Waals surface area contributed by atoms with Gasteiger partial charge in [0, 0.05) is 5.70 Å². The number of carbonyl (C=O) groups is 1. The van der Waals surface area contributed by atoms with E-state index in [4.69, 9.17) is 9.47 Å². The van der Waals surface area contributed by atoms with E-state index in [1.54, 1.807) is 14.2 Å². The van der Waals surface area contributed by atoms with Crippen molar-refractivity contribution in [1.29, 1.82) is 0 Å². The van der Waals surface area contributed by atoms with E-state index in [1.165, 1.54) is 0 Å². The summed E-state index contributed by atoms with van der Waals surface area (Å²) in [6.45, 7) is 2.05. The molecule has 3 aromatic carbocycles. The quantitative estimate of drug-likeness (QED) is 0.660. The SMILES string of the molecule is COc1ccc2c(c1OC)C(=O)N1c3ccc(C)cc3NC(c3ccccc3)=C[C@H]21. The Morgan fingerprint density at radius 1 is 0.967 bits per heavy atom. The monoisotopic (exact) mass is 398 g/mol. The van der Waals surface area contributed by atoms with Gasteiger partial charge in [-0.25, -0.2) is 0 Å². The van der Waals surface area contributed by atoms with Crippen LogP contribution in [-0.2, 0) is 0 Å². The lowest BCUT2D eigenvalue weighted by Crippen LogP contribution is -2.26. The minimum absolute atomic E-state index is 0.0942. The van der Waals surface area contributed by atoms with Crippen LogP contribution in [0.15, 0.2) is 66.7 Å². The molecule has 0 unspecified atom stereocenters. The highest BCUT2D eigenvalue weighted by molar-refractivity contribution is 6.16. The minimum Gasteiger partial charge on any atom is -0.493 e. The third kappa shape index (κ3) is 2.66. The van der Waals surface area contributed by atoms with Crippen LogP contribution < -0.4 is 19.7 Å². The summed E-state index contributed by atoms with van der Waals surface area (Å²) in [6, 6.07) is 19.8. The first-order chi connectivity index (χ1) is 14.6. The summed E-state index contributed by atoms with van der Waals surface area (Å²) in [7, 11) is 3.15. The van der Waals surface area contributed by atoms with Crippen molar-refractivity contribution in [1.82, 2.24) is 0 Å². The molecule has 5 heteroatoms. The average molecular weight is 398 g/mol. The molecule has 0 spiro atoms. The van der Waals surface area contributed by atoms with Gasteiger partial charge in [-0.1, -0.05) is 42.5 Å². The molecule has 0 fully saturated rings. The second kappa shape index (κ2) is 6.95. The molecule has 0 aliphatic carbocycles. The molecular weight excluding hydrogens is 376 g/mol. The Kier molecular flexibility index (Phi) is 4.24. The van der Waals surface area contributed by atoms with Gasteiger partial charge in [0.25, 0.3) is 5.91 Å². The van der Waals surface area contributed by atoms with Gasteiger partial charge in [-0.05, 0) is 47.9 Å². The smallest absolute Gasteiger partial charge is 0.263 e. The highest BCUT2D eigenvalue weighted by Crippen LogP contribution is 2.49. The molecule has 3 aromatic rings. The average Bonchev–Trinajstić information content (AvgIpc) is 2.94. The molecule has 150 valence electrons. The third-order valence-electron chi connectivity index (χ3n) is 5.70. The fourth-order valence-corrected chi connectivity index (χ4v) is 4.31. The van der Waals surface area contributed by atoms with E-state index in [-0.39, 0.29) is 11.9 Å². The van der Waals surface area contributed by atoms with Gasteiger partial charge in [0.2, 0.25) is 0 Å². The predicted octanol–water partition coefficient (Wildman–Crippen LogP) is 5.18. The maximum Gasteiger partial charge on any atom is 0.263 e. The van der Waals surface area contributed by atoms with Crippen molar-refractivity contribution in [2.24, 2.45) is 0 Å². The van der Waals surface area contributed by atoms with Gasteiger partial charge < -0.3 is 14.8 Å². The zero-order valence-electron chi connectivity index (χ0n) is 17.1. The zero-order chi connectivity index (χ0) is 20.8. The second-order valence-electron chi connectivity index (χ2n) is 7.48. The summed E-state index contributed by atoms with van der Waals surface area (Å²) < 4.78 is 11.0. The summed E-state index contributed by atoms with van der Waals surface area (Å²) in [5.74, 6) is 0.935. The number of nitrogens with one attached hydrogen (secondary N) is 1. The van der Waals surface area contributed by atoms with Crippen LogP contribution in [-0.4, -0.2) is 20.1 Å². The van der Waals surface area contributed by atoms with E-state index >= 15 is 0 Å². The first-order valence-corrected chi connectivity index (χ1v) is 9.85.